The molecule has 0 aliphatic carbocycles. The molecule has 0 radical (unpaired) electrons. The van der Waals surface area contributed by atoms with Gasteiger partial charge in [0.2, 0.25) is 5.91 Å². The second kappa shape index (κ2) is 9.23. The van der Waals surface area contributed by atoms with Gasteiger partial charge in [-0.1, -0.05) is 29.8 Å². The fourth-order valence-electron chi connectivity index (χ4n) is 3.54. The van der Waals surface area contributed by atoms with Crippen molar-refractivity contribution in [3.8, 4) is 16.9 Å². The van der Waals surface area contributed by atoms with E-state index in [0.29, 0.717) is 23.7 Å². The summed E-state index contributed by atoms with van der Waals surface area (Å²) in [6.45, 7) is 0.411. The molecule has 1 atom stereocenters. The van der Waals surface area contributed by atoms with E-state index < -0.39 is 0 Å². The fraction of sp³-hybridized carbons (Fsp3) is 0.200. The van der Waals surface area contributed by atoms with E-state index in [0.717, 1.165) is 27.9 Å². The number of rotatable bonds is 6. The number of halogens is 1. The first-order chi connectivity index (χ1) is 15.0. The summed E-state index contributed by atoms with van der Waals surface area (Å²) in [6, 6.07) is 16.1. The van der Waals surface area contributed by atoms with Crippen LogP contribution in [0.4, 0.5) is 5.69 Å². The van der Waals surface area contributed by atoms with Gasteiger partial charge in [-0.3, -0.25) is 9.78 Å². The molecule has 3 aromatic rings. The lowest BCUT2D eigenvalue weighted by Crippen LogP contribution is -2.33. The van der Waals surface area contributed by atoms with Crippen molar-refractivity contribution in [2.75, 3.05) is 25.5 Å². The summed E-state index contributed by atoms with van der Waals surface area (Å²) in [5, 5.41) is 3.49. The summed E-state index contributed by atoms with van der Waals surface area (Å²) in [5.74, 6) is 0.539. The largest absolute Gasteiger partial charge is 0.486 e. The maximum absolute atomic E-state index is 12.1. The van der Waals surface area contributed by atoms with Gasteiger partial charge >= 0.3 is 0 Å². The molecule has 6 heteroatoms. The molecule has 1 aliphatic rings. The number of ether oxygens (including phenoxy) is 1. The van der Waals surface area contributed by atoms with Crippen molar-refractivity contribution >= 4 is 29.3 Å². The van der Waals surface area contributed by atoms with Crippen LogP contribution in [0.5, 0.6) is 5.75 Å². The third-order valence-corrected chi connectivity index (χ3v) is 5.47. The quantitative estimate of drug-likeness (QED) is 0.577. The van der Waals surface area contributed by atoms with Crippen LogP contribution < -0.4 is 15.0 Å². The minimum atomic E-state index is -0.170. The molecule has 1 unspecified atom stereocenters. The molecular weight excluding hydrogens is 410 g/mol. The van der Waals surface area contributed by atoms with E-state index in [2.05, 4.69) is 45.5 Å². The Morgan fingerprint density at radius 3 is 2.74 bits per heavy atom. The molecule has 2 heterocycles. The lowest BCUT2D eigenvalue weighted by atomic mass is 10.0. The van der Waals surface area contributed by atoms with Gasteiger partial charge in [-0.05, 0) is 53.1 Å². The zero-order valence-corrected chi connectivity index (χ0v) is 18.3. The molecule has 1 N–H and O–H groups in total. The Kier molecular flexibility index (Phi) is 6.23. The number of hydrogen-bond acceptors (Lipinski definition) is 4. The van der Waals surface area contributed by atoms with Crippen molar-refractivity contribution in [3.05, 3.63) is 83.2 Å². The third kappa shape index (κ3) is 5.06. The first-order valence-corrected chi connectivity index (χ1v) is 10.5. The highest BCUT2D eigenvalue weighted by Gasteiger charge is 2.26. The van der Waals surface area contributed by atoms with E-state index in [9.17, 15) is 4.79 Å². The number of pyridine rings is 1. The summed E-state index contributed by atoms with van der Waals surface area (Å²) in [5.41, 5.74) is 5.24. The van der Waals surface area contributed by atoms with Gasteiger partial charge in [0.1, 0.15) is 11.9 Å². The average Bonchev–Trinajstić information content (AvgIpc) is 3.21. The van der Waals surface area contributed by atoms with Crippen molar-refractivity contribution in [3.63, 3.8) is 0 Å². The third-order valence-electron chi connectivity index (χ3n) is 5.19. The normalized spacial score (nSPS) is 14.9. The van der Waals surface area contributed by atoms with Crippen molar-refractivity contribution < 1.29 is 9.53 Å². The van der Waals surface area contributed by atoms with Gasteiger partial charge in [-0.2, -0.15) is 0 Å². The van der Waals surface area contributed by atoms with Crippen LogP contribution in [0.3, 0.4) is 0 Å². The zero-order chi connectivity index (χ0) is 21.8. The first-order valence-electron chi connectivity index (χ1n) is 10.1. The molecule has 5 nitrogen and oxygen atoms in total. The SMILES string of the molecule is CN(C)c1ccc(-c2cc(Cl)c3c(c2)CC(CNC(=O)C=Cc2cccnc2)O3)cc1. The summed E-state index contributed by atoms with van der Waals surface area (Å²) in [4.78, 5) is 18.2. The van der Waals surface area contributed by atoms with Gasteiger partial charge in [0, 0.05) is 50.2 Å². The number of nitrogens with zero attached hydrogens (tertiary/aromatic N) is 2. The van der Waals surface area contributed by atoms with Crippen molar-refractivity contribution in [2.45, 2.75) is 12.5 Å². The maximum Gasteiger partial charge on any atom is 0.244 e. The monoisotopic (exact) mass is 433 g/mol. The Morgan fingerprint density at radius 1 is 1.23 bits per heavy atom. The molecule has 1 aromatic heterocycles. The van der Waals surface area contributed by atoms with Crippen molar-refractivity contribution in [2.24, 2.45) is 0 Å². The standard InChI is InChI=1S/C25H24ClN3O2/c1-29(2)21-8-6-18(7-9-21)19-12-20-13-22(31-25(20)23(26)14-19)16-28-24(30)10-5-17-4-3-11-27-15-17/h3-12,14-15,22H,13,16H2,1-2H3,(H,28,30). The second-order valence-corrected chi connectivity index (χ2v) is 8.10. The average molecular weight is 434 g/mol. The van der Waals surface area contributed by atoms with E-state index in [-0.39, 0.29) is 12.0 Å². The predicted octanol–water partition coefficient (Wildman–Crippen LogP) is 4.60. The Morgan fingerprint density at radius 2 is 2.03 bits per heavy atom. The van der Waals surface area contributed by atoms with Crippen LogP contribution in [0.15, 0.2) is 67.0 Å². The maximum atomic E-state index is 12.1. The summed E-state index contributed by atoms with van der Waals surface area (Å²) in [6.07, 6.45) is 7.19. The van der Waals surface area contributed by atoms with Crippen LogP contribution in [0.1, 0.15) is 11.1 Å². The number of aromatic nitrogens is 1. The van der Waals surface area contributed by atoms with Crippen LogP contribution in [0.25, 0.3) is 17.2 Å². The van der Waals surface area contributed by atoms with Crippen LogP contribution in [0.2, 0.25) is 5.02 Å². The van der Waals surface area contributed by atoms with Gasteiger partial charge in [-0.25, -0.2) is 0 Å². The molecule has 0 fully saturated rings. The van der Waals surface area contributed by atoms with Crippen molar-refractivity contribution in [1.29, 1.82) is 0 Å². The number of hydrogen-bond donors (Lipinski definition) is 1. The van der Waals surface area contributed by atoms with Crippen LogP contribution in [0, 0.1) is 0 Å². The number of amides is 1. The molecule has 0 bridgehead atoms. The Balaban J connectivity index is 1.39. The molecular formula is C25H24ClN3O2. The molecule has 31 heavy (non-hydrogen) atoms. The van der Waals surface area contributed by atoms with Crippen LogP contribution in [-0.4, -0.2) is 37.6 Å². The number of benzene rings is 2. The molecule has 0 spiro atoms. The number of anilines is 1. The second-order valence-electron chi connectivity index (χ2n) is 7.70. The Labute approximate surface area is 187 Å². The topological polar surface area (TPSA) is 54.5 Å². The van der Waals surface area contributed by atoms with E-state index in [1.54, 1.807) is 18.5 Å². The lowest BCUT2D eigenvalue weighted by Gasteiger charge is -2.13. The molecule has 1 aliphatic heterocycles. The molecule has 0 saturated heterocycles. The van der Waals surface area contributed by atoms with E-state index in [1.165, 1.54) is 6.08 Å². The molecule has 2 aromatic carbocycles. The lowest BCUT2D eigenvalue weighted by molar-refractivity contribution is -0.116. The highest BCUT2D eigenvalue weighted by atomic mass is 35.5. The van der Waals surface area contributed by atoms with Crippen molar-refractivity contribution in [1.82, 2.24) is 10.3 Å². The van der Waals surface area contributed by atoms with Crippen LogP contribution >= 0.6 is 11.6 Å². The van der Waals surface area contributed by atoms with E-state index in [4.69, 9.17) is 16.3 Å². The summed E-state index contributed by atoms with van der Waals surface area (Å²) >= 11 is 6.51. The minimum absolute atomic E-state index is 0.144. The molecule has 4 rings (SSSR count). The molecule has 0 saturated carbocycles. The summed E-state index contributed by atoms with van der Waals surface area (Å²) < 4.78 is 6.00. The highest BCUT2D eigenvalue weighted by Crippen LogP contribution is 2.39. The molecule has 158 valence electrons. The van der Waals surface area contributed by atoms with Gasteiger partial charge in [0.15, 0.2) is 0 Å². The smallest absolute Gasteiger partial charge is 0.244 e. The zero-order valence-electron chi connectivity index (χ0n) is 17.5. The van der Waals surface area contributed by atoms with Crippen LogP contribution in [-0.2, 0) is 11.2 Å². The summed E-state index contributed by atoms with van der Waals surface area (Å²) in [7, 11) is 4.04. The van der Waals surface area contributed by atoms with E-state index in [1.807, 2.05) is 32.3 Å². The number of carbonyl (C=O) groups is 1. The van der Waals surface area contributed by atoms with E-state index >= 15 is 0 Å². The number of nitrogens with one attached hydrogen (secondary N) is 1. The molecule has 1 amide bonds. The van der Waals surface area contributed by atoms with Gasteiger partial charge in [-0.15, -0.1) is 0 Å². The van der Waals surface area contributed by atoms with Gasteiger partial charge < -0.3 is 15.0 Å². The highest BCUT2D eigenvalue weighted by molar-refractivity contribution is 6.32. The number of fused-ring (bicyclic) bond motifs is 1. The minimum Gasteiger partial charge on any atom is -0.486 e. The van der Waals surface area contributed by atoms with Gasteiger partial charge in [0.25, 0.3) is 0 Å². The Hall–Kier alpha value is -3.31. The number of carbonyl (C=O) groups excluding carboxylic acids is 1. The Bertz CT molecular complexity index is 1100. The first kappa shape index (κ1) is 20.9. The predicted molar refractivity (Wildman–Crippen MR) is 126 cm³/mol. The fourth-order valence-corrected chi connectivity index (χ4v) is 3.82. The van der Waals surface area contributed by atoms with Gasteiger partial charge in [0.05, 0.1) is 11.6 Å².